The molecule has 0 bridgehead atoms. The molecule has 1 aliphatic heterocycles. The fourth-order valence-electron chi connectivity index (χ4n) is 3.83. The van der Waals surface area contributed by atoms with Crippen LogP contribution in [0.3, 0.4) is 0 Å². The first kappa shape index (κ1) is 25.8. The molecule has 12 heteroatoms. The first-order chi connectivity index (χ1) is 15.7. The van der Waals surface area contributed by atoms with Crippen LogP contribution in [0.2, 0.25) is 5.02 Å². The van der Waals surface area contributed by atoms with Crippen LogP contribution in [0.15, 0.2) is 18.3 Å². The number of nitrogens with zero attached hydrogens (tertiary/aromatic N) is 4. The predicted molar refractivity (Wildman–Crippen MR) is 125 cm³/mol. The molecule has 1 saturated heterocycles. The first-order valence-electron chi connectivity index (χ1n) is 10.9. The van der Waals surface area contributed by atoms with Crippen molar-refractivity contribution < 1.29 is 22.6 Å². The fourth-order valence-corrected chi connectivity index (χ4v) is 5.19. The lowest BCUT2D eigenvalue weighted by Crippen LogP contribution is -2.32. The lowest BCUT2D eigenvalue weighted by Gasteiger charge is -2.24. The quantitative estimate of drug-likeness (QED) is 0.495. The molecule has 1 unspecified atom stereocenters. The van der Waals surface area contributed by atoms with E-state index in [1.54, 1.807) is 44.8 Å². The molecule has 33 heavy (non-hydrogen) atoms. The summed E-state index contributed by atoms with van der Waals surface area (Å²) >= 11 is 5.91. The van der Waals surface area contributed by atoms with Crippen molar-refractivity contribution in [2.45, 2.75) is 69.6 Å². The zero-order chi connectivity index (χ0) is 24.2. The number of sulfonamides is 1. The van der Waals surface area contributed by atoms with E-state index >= 15 is 0 Å². The Bertz CT molecular complexity index is 1020. The predicted octanol–water partition coefficient (Wildman–Crippen LogP) is 3.68. The van der Waals surface area contributed by atoms with Gasteiger partial charge in [0.25, 0.3) is 0 Å². The van der Waals surface area contributed by atoms with Gasteiger partial charge in [-0.05, 0) is 38.8 Å². The van der Waals surface area contributed by atoms with Gasteiger partial charge in [-0.2, -0.15) is 0 Å². The number of rotatable bonds is 11. The summed E-state index contributed by atoms with van der Waals surface area (Å²) in [5.74, 6) is 0.223. The largest absolute Gasteiger partial charge is 0.385 e. The van der Waals surface area contributed by atoms with Gasteiger partial charge in [-0.25, -0.2) is 8.42 Å². The Hall–Kier alpha value is -1.79. The van der Waals surface area contributed by atoms with Crippen LogP contribution in [-0.4, -0.2) is 60.3 Å². The van der Waals surface area contributed by atoms with Crippen LogP contribution in [0.4, 0.5) is 5.95 Å². The van der Waals surface area contributed by atoms with Gasteiger partial charge in [0.15, 0.2) is 5.82 Å². The molecule has 2 aromatic heterocycles. The monoisotopic (exact) mass is 501 g/mol. The second-order valence-corrected chi connectivity index (χ2v) is 10.8. The van der Waals surface area contributed by atoms with Crippen molar-refractivity contribution in [3.63, 3.8) is 0 Å². The molecule has 184 valence electrons. The Morgan fingerprint density at radius 3 is 2.61 bits per heavy atom. The average molecular weight is 502 g/mol. The van der Waals surface area contributed by atoms with Gasteiger partial charge < -0.3 is 14.2 Å². The lowest BCUT2D eigenvalue weighted by molar-refractivity contribution is 0.00194. The molecule has 3 heterocycles. The summed E-state index contributed by atoms with van der Waals surface area (Å²) in [6.45, 7) is 5.85. The molecule has 0 amide bonds. The third-order valence-electron chi connectivity index (χ3n) is 6.02. The smallest absolute Gasteiger partial charge is 0.240 e. The topological polar surface area (TPSA) is 117 Å². The molecule has 2 aromatic rings. The van der Waals surface area contributed by atoms with Gasteiger partial charge in [0, 0.05) is 38.4 Å². The molecule has 5 atom stereocenters. The highest BCUT2D eigenvalue weighted by atomic mass is 35.5. The maximum absolute atomic E-state index is 13.3. The van der Waals surface area contributed by atoms with E-state index in [2.05, 4.69) is 19.9 Å². The maximum atomic E-state index is 13.3. The van der Waals surface area contributed by atoms with Crippen LogP contribution in [0.25, 0.3) is 0 Å². The van der Waals surface area contributed by atoms with Gasteiger partial charge >= 0.3 is 0 Å². The highest BCUT2D eigenvalue weighted by Crippen LogP contribution is 2.35. The number of hydrogen-bond donors (Lipinski definition) is 1. The zero-order valence-electron chi connectivity index (χ0n) is 19.6. The van der Waals surface area contributed by atoms with Crippen molar-refractivity contribution >= 4 is 27.6 Å². The van der Waals surface area contributed by atoms with E-state index in [0.29, 0.717) is 29.6 Å². The molecule has 0 radical (unpaired) electrons. The van der Waals surface area contributed by atoms with E-state index < -0.39 is 21.5 Å². The second kappa shape index (κ2) is 11.1. The normalized spacial score (nSPS) is 21.6. The Morgan fingerprint density at radius 2 is 2.03 bits per heavy atom. The molecule has 1 aliphatic rings. The molecule has 0 aromatic carbocycles. The van der Waals surface area contributed by atoms with E-state index in [-0.39, 0.29) is 24.1 Å². The van der Waals surface area contributed by atoms with E-state index in [1.165, 1.54) is 6.20 Å². The summed E-state index contributed by atoms with van der Waals surface area (Å²) in [4.78, 5) is 4.27. The van der Waals surface area contributed by atoms with Crippen molar-refractivity contribution in [3.05, 3.63) is 34.9 Å². The van der Waals surface area contributed by atoms with Gasteiger partial charge in [0.05, 0.1) is 23.0 Å². The summed E-state index contributed by atoms with van der Waals surface area (Å²) in [6.07, 6.45) is 2.91. The molecule has 1 N–H and O–H groups in total. The van der Waals surface area contributed by atoms with Gasteiger partial charge in [-0.1, -0.05) is 18.5 Å². The van der Waals surface area contributed by atoms with Gasteiger partial charge in [-0.15, -0.1) is 10.2 Å². The van der Waals surface area contributed by atoms with Crippen molar-refractivity contribution in [2.75, 3.05) is 25.5 Å². The number of ether oxygens (including phenoxy) is 3. The van der Waals surface area contributed by atoms with E-state index in [1.807, 2.05) is 6.92 Å². The van der Waals surface area contributed by atoms with Crippen LogP contribution in [-0.2, 0) is 24.2 Å². The number of pyridine rings is 1. The van der Waals surface area contributed by atoms with E-state index in [0.717, 1.165) is 12.8 Å². The first-order valence-corrected chi connectivity index (χ1v) is 12.8. The van der Waals surface area contributed by atoms with Crippen LogP contribution in [0.1, 0.15) is 69.8 Å². The Morgan fingerprint density at radius 1 is 1.27 bits per heavy atom. The highest BCUT2D eigenvalue weighted by molar-refractivity contribution is 7.93. The summed E-state index contributed by atoms with van der Waals surface area (Å²) in [5.41, 5.74) is 0.627. The van der Waals surface area contributed by atoms with Crippen molar-refractivity contribution in [2.24, 2.45) is 0 Å². The summed E-state index contributed by atoms with van der Waals surface area (Å²) in [7, 11) is -0.701. The van der Waals surface area contributed by atoms with Gasteiger partial charge in [0.2, 0.25) is 16.0 Å². The molecule has 3 rings (SSSR count). The Labute approximate surface area is 200 Å². The lowest BCUT2D eigenvalue weighted by atomic mass is 10.0. The van der Waals surface area contributed by atoms with Crippen molar-refractivity contribution in [1.82, 2.24) is 19.7 Å². The van der Waals surface area contributed by atoms with Crippen LogP contribution >= 0.6 is 11.6 Å². The van der Waals surface area contributed by atoms with Gasteiger partial charge in [-0.3, -0.25) is 14.3 Å². The molecule has 0 saturated carbocycles. The number of aromatic nitrogens is 4. The van der Waals surface area contributed by atoms with Crippen molar-refractivity contribution in [1.29, 1.82) is 0 Å². The minimum Gasteiger partial charge on any atom is -0.385 e. The maximum Gasteiger partial charge on any atom is 0.240 e. The molecule has 1 fully saturated rings. The summed E-state index contributed by atoms with van der Waals surface area (Å²) < 4.78 is 47.7. The van der Waals surface area contributed by atoms with Gasteiger partial charge in [0.1, 0.15) is 12.3 Å². The molecule has 0 aliphatic carbocycles. The number of halogens is 1. The van der Waals surface area contributed by atoms with E-state index in [9.17, 15) is 8.42 Å². The Balaban J connectivity index is 1.90. The van der Waals surface area contributed by atoms with Crippen LogP contribution in [0, 0.1) is 0 Å². The number of methoxy groups -OCH3 is 2. The number of nitrogens with one attached hydrogen (secondary N) is 1. The summed E-state index contributed by atoms with van der Waals surface area (Å²) in [6, 6.07) is 3.42. The van der Waals surface area contributed by atoms with Crippen LogP contribution in [0.5, 0.6) is 0 Å². The third-order valence-corrected chi connectivity index (χ3v) is 8.09. The molecular weight excluding hydrogens is 470 g/mol. The zero-order valence-corrected chi connectivity index (χ0v) is 21.1. The molecule has 10 nitrogen and oxygen atoms in total. The Kier molecular flexibility index (Phi) is 8.68. The fraction of sp³-hybridized carbons (Fsp3) is 0.667. The SMILES string of the molecule is COCCC(OC)n1c(NS(=O)(=O)[C@@H](C)[C@H](C)c2ccc(Cl)cn2)nnc1[C@H]1CC[C@@H](C)O1. The minimum atomic E-state index is -3.85. The standard InChI is InChI=1S/C21H32ClN5O5S/c1-13-6-9-18(32-13)20-24-25-21(27(20)19(31-5)10-11-30-4)26-33(28,29)15(3)14(2)17-8-7-16(22)12-23-17/h7-8,12-15,18-19H,6,9-11H2,1-5H3,(H,25,26)/t13-,14+,15+,18-,19?/m1/s1. The molecule has 0 spiro atoms. The molecular formula is C21H32ClN5O5S. The van der Waals surface area contributed by atoms with E-state index in [4.69, 9.17) is 25.8 Å². The number of hydrogen-bond acceptors (Lipinski definition) is 8. The second-order valence-electron chi connectivity index (χ2n) is 8.28. The average Bonchev–Trinajstić information content (AvgIpc) is 3.40. The van der Waals surface area contributed by atoms with Crippen LogP contribution < -0.4 is 4.72 Å². The summed E-state index contributed by atoms with van der Waals surface area (Å²) in [5, 5.41) is 8.13. The highest BCUT2D eigenvalue weighted by Gasteiger charge is 2.35. The van der Waals surface area contributed by atoms with Crippen molar-refractivity contribution in [3.8, 4) is 0 Å². The third kappa shape index (κ3) is 6.02. The number of anilines is 1. The minimum absolute atomic E-state index is 0.0826.